The zero-order valence-electron chi connectivity index (χ0n) is 25.5. The first-order chi connectivity index (χ1) is 21.7. The molecule has 6 rings (SSSR count). The molecule has 1 saturated heterocycles. The van der Waals surface area contributed by atoms with E-state index in [1.165, 1.54) is 21.2 Å². The lowest BCUT2D eigenvalue weighted by Crippen LogP contribution is -2.33. The molecular weight excluding hydrogens is 609 g/mol. The lowest BCUT2D eigenvalue weighted by atomic mass is 9.83. The average molecular weight is 643 g/mol. The molecule has 0 bridgehead atoms. The first-order valence-electron chi connectivity index (χ1n) is 14.9. The minimum Gasteiger partial charge on any atom is -0.497 e. The maximum atomic E-state index is 14.2. The Labute approximate surface area is 269 Å². The van der Waals surface area contributed by atoms with Gasteiger partial charge in [-0.3, -0.25) is 23.7 Å². The van der Waals surface area contributed by atoms with Gasteiger partial charge in [0.1, 0.15) is 17.5 Å². The number of thiazole rings is 1. The monoisotopic (exact) mass is 642 g/mol. The SMILES string of the molecule is CCN(CC)c1ccc([C@H]2c3sc(=O)n(CC(=O)Nc4ccc(C)cc4)c3SC3C(=O)N(c4ccc(OC)cc4)C(=O)C32)cc1. The highest BCUT2D eigenvalue weighted by atomic mass is 32.2. The van der Waals surface area contributed by atoms with Gasteiger partial charge in [-0.1, -0.05) is 52.9 Å². The van der Waals surface area contributed by atoms with Gasteiger partial charge >= 0.3 is 4.87 Å². The number of imide groups is 1. The van der Waals surface area contributed by atoms with E-state index in [9.17, 15) is 19.2 Å². The summed E-state index contributed by atoms with van der Waals surface area (Å²) in [5.74, 6) is -1.63. The van der Waals surface area contributed by atoms with Crippen molar-refractivity contribution in [3.63, 3.8) is 0 Å². The molecule has 45 heavy (non-hydrogen) atoms. The van der Waals surface area contributed by atoms with Gasteiger partial charge in [-0.2, -0.15) is 0 Å². The van der Waals surface area contributed by atoms with Gasteiger partial charge in [0.2, 0.25) is 17.7 Å². The highest BCUT2D eigenvalue weighted by molar-refractivity contribution is 8.00. The van der Waals surface area contributed by atoms with Crippen LogP contribution in [0.2, 0.25) is 0 Å². The second kappa shape index (κ2) is 12.6. The van der Waals surface area contributed by atoms with Gasteiger partial charge in [0.25, 0.3) is 0 Å². The van der Waals surface area contributed by atoms with Crippen LogP contribution in [0.3, 0.4) is 0 Å². The van der Waals surface area contributed by atoms with Crippen molar-refractivity contribution < 1.29 is 19.1 Å². The number of hydrogen-bond donors (Lipinski definition) is 1. The second-order valence-corrected chi connectivity index (χ2v) is 13.2. The number of anilines is 3. The number of ether oxygens (including phenoxy) is 1. The third-order valence-corrected chi connectivity index (χ3v) is 11.0. The summed E-state index contributed by atoms with van der Waals surface area (Å²) in [5, 5.41) is 2.66. The molecule has 3 amide bonds. The molecule has 3 aromatic carbocycles. The maximum absolute atomic E-state index is 14.2. The number of aromatic nitrogens is 1. The molecule has 0 radical (unpaired) electrons. The van der Waals surface area contributed by atoms with Gasteiger partial charge in [-0.15, -0.1) is 0 Å². The summed E-state index contributed by atoms with van der Waals surface area (Å²) in [7, 11) is 1.56. The number of carbonyl (C=O) groups is 3. The lowest BCUT2D eigenvalue weighted by molar-refractivity contribution is -0.122. The molecule has 3 atom stereocenters. The van der Waals surface area contributed by atoms with Crippen molar-refractivity contribution in [2.75, 3.05) is 35.3 Å². The predicted molar refractivity (Wildman–Crippen MR) is 179 cm³/mol. The van der Waals surface area contributed by atoms with Crippen LogP contribution in [-0.4, -0.2) is 47.7 Å². The van der Waals surface area contributed by atoms with Crippen molar-refractivity contribution >= 4 is 57.9 Å². The molecule has 4 aromatic rings. The van der Waals surface area contributed by atoms with E-state index in [2.05, 4.69) is 24.1 Å². The van der Waals surface area contributed by atoms with Crippen molar-refractivity contribution in [2.45, 2.75) is 43.5 Å². The highest BCUT2D eigenvalue weighted by Gasteiger charge is 2.56. The summed E-state index contributed by atoms with van der Waals surface area (Å²) >= 11 is 2.25. The Morgan fingerprint density at radius 2 is 1.58 bits per heavy atom. The number of benzene rings is 3. The second-order valence-electron chi connectivity index (χ2n) is 11.1. The predicted octanol–water partition coefficient (Wildman–Crippen LogP) is 5.51. The Bertz CT molecular complexity index is 1790. The van der Waals surface area contributed by atoms with Gasteiger partial charge < -0.3 is 15.0 Å². The van der Waals surface area contributed by atoms with Gasteiger partial charge in [-0.25, -0.2) is 4.90 Å². The first kappa shape index (κ1) is 30.7. The van der Waals surface area contributed by atoms with E-state index < -0.39 is 17.1 Å². The third-order valence-electron chi connectivity index (χ3n) is 8.40. The number of nitrogens with zero attached hydrogens (tertiary/aromatic N) is 3. The lowest BCUT2D eigenvalue weighted by Gasteiger charge is -2.31. The van der Waals surface area contributed by atoms with E-state index in [4.69, 9.17) is 4.74 Å². The van der Waals surface area contributed by atoms with Crippen molar-refractivity contribution in [2.24, 2.45) is 5.92 Å². The minimum atomic E-state index is -0.764. The van der Waals surface area contributed by atoms with Crippen LogP contribution < -0.4 is 24.7 Å². The molecule has 232 valence electrons. The number of hydrogen-bond acceptors (Lipinski definition) is 8. The number of amides is 3. The first-order valence-corrected chi connectivity index (χ1v) is 16.6. The molecule has 2 aliphatic heterocycles. The van der Waals surface area contributed by atoms with Gasteiger partial charge in [0.15, 0.2) is 0 Å². The molecule has 0 spiro atoms. The van der Waals surface area contributed by atoms with E-state index in [1.54, 1.807) is 31.4 Å². The standard InChI is InChI=1S/C34H34N4O5S2/c1-5-36(6-2)23-13-9-21(10-14-23)27-28-29(32(41)38(31(28)40)24-15-17-25(43-4)18-16-24)44-33-30(27)45-34(42)37(33)19-26(39)35-22-11-7-20(3)8-12-22/h7-18,27-29H,5-6,19H2,1-4H3,(H,35,39)/t27-,28?,29?/m1/s1. The van der Waals surface area contributed by atoms with Crippen LogP contribution >= 0.6 is 23.1 Å². The summed E-state index contributed by atoms with van der Waals surface area (Å²) in [6.07, 6.45) is 0. The number of nitrogens with one attached hydrogen (secondary N) is 1. The van der Waals surface area contributed by atoms with E-state index in [-0.39, 0.29) is 29.1 Å². The number of methoxy groups -OCH3 is 1. The summed E-state index contributed by atoms with van der Waals surface area (Å²) in [6.45, 7) is 7.65. The summed E-state index contributed by atoms with van der Waals surface area (Å²) in [6, 6.07) is 22.3. The molecule has 1 fully saturated rings. The Kier molecular flexibility index (Phi) is 8.56. The number of fused-ring (bicyclic) bond motifs is 2. The molecule has 2 aliphatic rings. The molecule has 0 saturated carbocycles. The van der Waals surface area contributed by atoms with E-state index >= 15 is 0 Å². The molecule has 2 unspecified atom stereocenters. The Morgan fingerprint density at radius 3 is 2.20 bits per heavy atom. The van der Waals surface area contributed by atoms with Gasteiger partial charge in [-0.05, 0) is 74.9 Å². The zero-order chi connectivity index (χ0) is 31.8. The summed E-state index contributed by atoms with van der Waals surface area (Å²) in [5.41, 5.74) is 4.07. The highest BCUT2D eigenvalue weighted by Crippen LogP contribution is 2.54. The molecule has 1 aromatic heterocycles. The average Bonchev–Trinajstić information content (AvgIpc) is 3.49. The Balaban J connectivity index is 1.40. The zero-order valence-corrected chi connectivity index (χ0v) is 27.1. The molecule has 9 nitrogen and oxygen atoms in total. The van der Waals surface area contributed by atoms with E-state index in [1.807, 2.05) is 55.5 Å². The van der Waals surface area contributed by atoms with Crippen molar-refractivity contribution in [1.82, 2.24) is 4.57 Å². The van der Waals surface area contributed by atoms with Crippen molar-refractivity contribution in [3.05, 3.63) is 98.5 Å². The van der Waals surface area contributed by atoms with Crippen LogP contribution in [0.15, 0.2) is 82.6 Å². The fourth-order valence-corrected chi connectivity index (χ4v) is 8.84. The van der Waals surface area contributed by atoms with Gasteiger partial charge in [0.05, 0.1) is 23.7 Å². The smallest absolute Gasteiger partial charge is 0.308 e. The quantitative estimate of drug-likeness (QED) is 0.241. The summed E-state index contributed by atoms with van der Waals surface area (Å²) < 4.78 is 6.71. The van der Waals surface area contributed by atoms with E-state index in [0.29, 0.717) is 27.0 Å². The Morgan fingerprint density at radius 1 is 0.911 bits per heavy atom. The van der Waals surface area contributed by atoms with Crippen LogP contribution in [0.1, 0.15) is 35.8 Å². The van der Waals surface area contributed by atoms with Crippen molar-refractivity contribution in [1.29, 1.82) is 0 Å². The normalized spacial score (nSPS) is 18.8. The van der Waals surface area contributed by atoms with Crippen LogP contribution in [0.5, 0.6) is 5.75 Å². The fraction of sp³-hybridized carbons (Fsp3) is 0.294. The number of thioether (sulfide) groups is 1. The molecule has 3 heterocycles. The van der Waals surface area contributed by atoms with Crippen LogP contribution in [0.25, 0.3) is 0 Å². The number of rotatable bonds is 9. The minimum absolute atomic E-state index is 0.207. The van der Waals surface area contributed by atoms with Crippen LogP contribution in [-0.2, 0) is 20.9 Å². The number of aryl methyl sites for hydroxylation is 1. The number of carbonyl (C=O) groups excluding carboxylic acids is 3. The van der Waals surface area contributed by atoms with E-state index in [0.717, 1.165) is 41.2 Å². The van der Waals surface area contributed by atoms with Crippen LogP contribution in [0.4, 0.5) is 17.1 Å². The largest absolute Gasteiger partial charge is 0.497 e. The molecule has 11 heteroatoms. The third kappa shape index (κ3) is 5.66. The fourth-order valence-electron chi connectivity index (χ4n) is 6.06. The van der Waals surface area contributed by atoms with Gasteiger partial charge in [0, 0.05) is 35.3 Å². The molecular formula is C34H34N4O5S2. The van der Waals surface area contributed by atoms with Crippen molar-refractivity contribution in [3.8, 4) is 5.75 Å². The Hall–Kier alpha value is -4.35. The van der Waals surface area contributed by atoms with Crippen LogP contribution in [0, 0.1) is 12.8 Å². The topological polar surface area (TPSA) is 101 Å². The molecule has 0 aliphatic carbocycles. The summed E-state index contributed by atoms with van der Waals surface area (Å²) in [4.78, 5) is 58.6. The molecule has 1 N–H and O–H groups in total. The maximum Gasteiger partial charge on any atom is 0.308 e.